The van der Waals surface area contributed by atoms with Crippen LogP contribution < -0.4 is 11.3 Å². The van der Waals surface area contributed by atoms with Crippen molar-refractivity contribution in [3.8, 4) is 0 Å². The lowest BCUT2D eigenvalue weighted by molar-refractivity contribution is 0.487. The Morgan fingerprint density at radius 1 is 1.50 bits per heavy atom. The van der Waals surface area contributed by atoms with Gasteiger partial charge in [-0.3, -0.25) is 11.3 Å². The molecule has 1 atom stereocenters. The Hall–Kier alpha value is -0.520. The van der Waals surface area contributed by atoms with E-state index in [0.717, 1.165) is 11.3 Å². The summed E-state index contributed by atoms with van der Waals surface area (Å²) < 4.78 is 3.83. The molecule has 1 aromatic heterocycles. The summed E-state index contributed by atoms with van der Waals surface area (Å²) in [6, 6.07) is 0.229. The zero-order chi connectivity index (χ0) is 10.2. The molecule has 3 N–H and O–H groups in total. The number of aromatic nitrogens is 2. The summed E-state index contributed by atoms with van der Waals surface area (Å²) in [5.41, 5.74) is 2.81. The molecule has 5 heteroatoms. The first-order chi connectivity index (χ1) is 6.88. The van der Waals surface area contributed by atoms with E-state index in [4.69, 9.17) is 5.84 Å². The van der Waals surface area contributed by atoms with Gasteiger partial charge in [0.05, 0.1) is 17.1 Å². The van der Waals surface area contributed by atoms with E-state index in [2.05, 4.69) is 21.9 Å². The summed E-state index contributed by atoms with van der Waals surface area (Å²) in [7, 11) is 0. The average Bonchev–Trinajstić information content (AvgIpc) is 2.71. The molecule has 1 aromatic rings. The second-order valence-corrected chi connectivity index (χ2v) is 4.21. The first-order valence-electron chi connectivity index (χ1n) is 5.11. The molecule has 0 aliphatic carbocycles. The largest absolute Gasteiger partial charge is 0.271 e. The van der Waals surface area contributed by atoms with Crippen LogP contribution in [0.25, 0.3) is 0 Å². The molecular weight excluding hydrogens is 196 g/mol. The van der Waals surface area contributed by atoms with Gasteiger partial charge in [0.25, 0.3) is 0 Å². The molecule has 4 nitrogen and oxygen atoms in total. The number of hydrazine groups is 1. The summed E-state index contributed by atoms with van der Waals surface area (Å²) in [5, 5.41) is 3.81. The van der Waals surface area contributed by atoms with Gasteiger partial charge < -0.3 is 0 Å². The number of unbranched alkanes of at least 4 members (excludes halogenated alkanes) is 3. The number of hydrogen-bond donors (Lipinski definition) is 2. The summed E-state index contributed by atoms with van der Waals surface area (Å²) in [5.74, 6) is 5.48. The van der Waals surface area contributed by atoms with E-state index in [-0.39, 0.29) is 6.04 Å². The Bertz CT molecular complexity index is 225. The van der Waals surface area contributed by atoms with Gasteiger partial charge >= 0.3 is 0 Å². The van der Waals surface area contributed by atoms with E-state index in [9.17, 15) is 0 Å². The van der Waals surface area contributed by atoms with Crippen molar-refractivity contribution < 1.29 is 0 Å². The Kier molecular flexibility index (Phi) is 5.66. The van der Waals surface area contributed by atoms with Crippen LogP contribution in [0.3, 0.4) is 0 Å². The molecule has 1 rings (SSSR count). The van der Waals surface area contributed by atoms with Crippen LogP contribution in [-0.4, -0.2) is 9.59 Å². The molecule has 14 heavy (non-hydrogen) atoms. The molecule has 1 unspecified atom stereocenters. The molecular formula is C9H18N4S. The second kappa shape index (κ2) is 6.86. The van der Waals surface area contributed by atoms with Gasteiger partial charge in [0.15, 0.2) is 0 Å². The van der Waals surface area contributed by atoms with Crippen molar-refractivity contribution in [2.75, 3.05) is 0 Å². The Morgan fingerprint density at radius 3 is 2.93 bits per heavy atom. The Morgan fingerprint density at radius 2 is 2.36 bits per heavy atom. The smallest absolute Gasteiger partial charge is 0.0669 e. The molecule has 0 bridgehead atoms. The van der Waals surface area contributed by atoms with Crippen molar-refractivity contribution in [3.05, 3.63) is 11.1 Å². The maximum absolute atomic E-state index is 5.48. The third kappa shape index (κ3) is 3.69. The van der Waals surface area contributed by atoms with Gasteiger partial charge in [0.1, 0.15) is 0 Å². The monoisotopic (exact) mass is 214 g/mol. The van der Waals surface area contributed by atoms with E-state index in [1.165, 1.54) is 37.2 Å². The zero-order valence-electron chi connectivity index (χ0n) is 8.57. The highest BCUT2D eigenvalue weighted by Gasteiger charge is 2.10. The minimum absolute atomic E-state index is 0.229. The van der Waals surface area contributed by atoms with Crippen molar-refractivity contribution >= 4 is 11.5 Å². The summed E-state index contributed by atoms with van der Waals surface area (Å²) in [6.07, 6.45) is 7.91. The van der Waals surface area contributed by atoms with Gasteiger partial charge in [-0.2, -0.15) is 0 Å². The van der Waals surface area contributed by atoms with E-state index in [1.807, 2.05) is 0 Å². The predicted molar refractivity (Wildman–Crippen MR) is 58.7 cm³/mol. The fourth-order valence-electron chi connectivity index (χ4n) is 1.41. The number of nitrogens with zero attached hydrogens (tertiary/aromatic N) is 2. The van der Waals surface area contributed by atoms with Gasteiger partial charge in [-0.15, -0.1) is 5.10 Å². The van der Waals surface area contributed by atoms with Crippen LogP contribution in [0.1, 0.15) is 49.9 Å². The minimum atomic E-state index is 0.229. The lowest BCUT2D eigenvalue weighted by atomic mass is 10.1. The van der Waals surface area contributed by atoms with Crippen LogP contribution >= 0.6 is 11.5 Å². The topological polar surface area (TPSA) is 63.8 Å². The molecule has 0 spiro atoms. The minimum Gasteiger partial charge on any atom is -0.271 e. The number of hydrogen-bond acceptors (Lipinski definition) is 5. The van der Waals surface area contributed by atoms with Gasteiger partial charge in [-0.1, -0.05) is 37.1 Å². The molecule has 0 aliphatic heterocycles. The van der Waals surface area contributed by atoms with Crippen LogP contribution in [0.5, 0.6) is 0 Å². The quantitative estimate of drug-likeness (QED) is 0.414. The van der Waals surface area contributed by atoms with Crippen LogP contribution in [0.2, 0.25) is 0 Å². The van der Waals surface area contributed by atoms with E-state index >= 15 is 0 Å². The molecule has 1 heterocycles. The predicted octanol–water partition coefficient (Wildman–Crippen LogP) is 2.01. The molecule has 0 radical (unpaired) electrons. The molecule has 0 aliphatic rings. The lowest BCUT2D eigenvalue weighted by Gasteiger charge is -2.12. The molecule has 80 valence electrons. The number of rotatable bonds is 7. The van der Waals surface area contributed by atoms with E-state index < -0.39 is 0 Å². The third-order valence-electron chi connectivity index (χ3n) is 2.27. The summed E-state index contributed by atoms with van der Waals surface area (Å²) in [4.78, 5) is 1.13. The van der Waals surface area contributed by atoms with E-state index in [0.29, 0.717) is 0 Å². The van der Waals surface area contributed by atoms with Crippen molar-refractivity contribution in [3.63, 3.8) is 0 Å². The van der Waals surface area contributed by atoms with Crippen LogP contribution in [0.4, 0.5) is 0 Å². The van der Waals surface area contributed by atoms with Crippen molar-refractivity contribution in [1.82, 2.24) is 15.0 Å². The summed E-state index contributed by atoms with van der Waals surface area (Å²) in [6.45, 7) is 2.21. The molecule has 0 saturated heterocycles. The van der Waals surface area contributed by atoms with Crippen LogP contribution in [-0.2, 0) is 0 Å². The molecule has 0 saturated carbocycles. The zero-order valence-corrected chi connectivity index (χ0v) is 9.39. The van der Waals surface area contributed by atoms with Gasteiger partial charge in [-0.25, -0.2) is 0 Å². The van der Waals surface area contributed by atoms with Gasteiger partial charge in [0.2, 0.25) is 0 Å². The molecule has 0 amide bonds. The normalized spacial score (nSPS) is 13.0. The Labute approximate surface area is 89.0 Å². The van der Waals surface area contributed by atoms with Gasteiger partial charge in [-0.05, 0) is 18.0 Å². The maximum atomic E-state index is 5.48. The standard InChI is InChI=1S/C9H18N4S/c1-2-3-4-5-6-8(12-10)9-7-11-13-14-9/h7-8,12H,2-6,10H2,1H3. The average molecular weight is 214 g/mol. The molecule has 0 fully saturated rings. The highest BCUT2D eigenvalue weighted by molar-refractivity contribution is 7.05. The highest BCUT2D eigenvalue weighted by Crippen LogP contribution is 2.20. The number of nitrogens with two attached hydrogens (primary N) is 1. The SMILES string of the molecule is CCCCCCC(NN)c1cnns1. The maximum Gasteiger partial charge on any atom is 0.0669 e. The Balaban J connectivity index is 2.26. The number of nitrogens with one attached hydrogen (secondary N) is 1. The fraction of sp³-hybridized carbons (Fsp3) is 0.778. The third-order valence-corrected chi connectivity index (χ3v) is 3.05. The highest BCUT2D eigenvalue weighted by atomic mass is 32.1. The van der Waals surface area contributed by atoms with Crippen molar-refractivity contribution in [2.24, 2.45) is 5.84 Å². The van der Waals surface area contributed by atoms with Gasteiger partial charge in [0, 0.05) is 0 Å². The van der Waals surface area contributed by atoms with Crippen molar-refractivity contribution in [2.45, 2.75) is 45.1 Å². The van der Waals surface area contributed by atoms with Crippen LogP contribution in [0, 0.1) is 0 Å². The summed E-state index contributed by atoms with van der Waals surface area (Å²) >= 11 is 1.42. The first-order valence-corrected chi connectivity index (χ1v) is 5.89. The first kappa shape index (κ1) is 11.6. The lowest BCUT2D eigenvalue weighted by Crippen LogP contribution is -2.27. The second-order valence-electron chi connectivity index (χ2n) is 3.39. The van der Waals surface area contributed by atoms with Crippen molar-refractivity contribution in [1.29, 1.82) is 0 Å². The van der Waals surface area contributed by atoms with Crippen LogP contribution in [0.15, 0.2) is 6.20 Å². The fourth-order valence-corrected chi connectivity index (χ4v) is 2.01. The molecule has 0 aromatic carbocycles. The van der Waals surface area contributed by atoms with E-state index in [1.54, 1.807) is 6.20 Å².